The molecule has 1 rings (SSSR count). The summed E-state index contributed by atoms with van der Waals surface area (Å²) in [5.74, 6) is -1.36. The van der Waals surface area contributed by atoms with Crippen LogP contribution in [0.25, 0.3) is 0 Å². The molecular formula is C25H38BN3O4. The highest BCUT2D eigenvalue weighted by Crippen LogP contribution is 2.22. The zero-order chi connectivity index (χ0) is 25.1. The second-order valence-corrected chi connectivity index (χ2v) is 9.32. The van der Waals surface area contributed by atoms with Gasteiger partial charge in [0.05, 0.1) is 5.94 Å². The van der Waals surface area contributed by atoms with Gasteiger partial charge in [0.1, 0.15) is 11.6 Å². The molecule has 0 aliphatic heterocycles. The van der Waals surface area contributed by atoms with Gasteiger partial charge in [-0.2, -0.15) is 5.26 Å². The normalized spacial score (nSPS) is 13.4. The topological polar surface area (TPSA) is 114 Å². The molecule has 0 radical (unpaired) electrons. The summed E-state index contributed by atoms with van der Waals surface area (Å²) in [4.78, 5) is 27.1. The van der Waals surface area contributed by atoms with Crippen molar-refractivity contribution in [1.29, 1.82) is 5.26 Å². The Balaban J connectivity index is 3.04. The predicted octanol–water partition coefficient (Wildman–Crippen LogP) is 3.26. The van der Waals surface area contributed by atoms with E-state index in [4.69, 9.17) is 0 Å². The quantitative estimate of drug-likeness (QED) is 0.254. The number of carbonyl (C=O) groups excluding carboxylic acids is 2. The van der Waals surface area contributed by atoms with Gasteiger partial charge in [-0.3, -0.25) is 9.59 Å². The predicted molar refractivity (Wildman–Crippen MR) is 132 cm³/mol. The molecule has 0 saturated carbocycles. The molecule has 33 heavy (non-hydrogen) atoms. The molecule has 0 aliphatic carbocycles. The van der Waals surface area contributed by atoms with Crippen LogP contribution >= 0.6 is 0 Å². The minimum Gasteiger partial charge on any atom is -0.426 e. The molecular weight excluding hydrogens is 417 g/mol. The van der Waals surface area contributed by atoms with Gasteiger partial charge in [0.25, 0.3) is 5.91 Å². The fourth-order valence-electron chi connectivity index (χ4n) is 3.70. The van der Waals surface area contributed by atoms with Gasteiger partial charge in [-0.05, 0) is 48.8 Å². The van der Waals surface area contributed by atoms with Crippen LogP contribution in [0, 0.1) is 29.1 Å². The largest absolute Gasteiger partial charge is 0.475 e. The maximum Gasteiger partial charge on any atom is 0.475 e. The molecule has 180 valence electrons. The van der Waals surface area contributed by atoms with Gasteiger partial charge in [-0.15, -0.1) is 0 Å². The van der Waals surface area contributed by atoms with Crippen molar-refractivity contribution in [2.24, 2.45) is 17.8 Å². The minimum absolute atomic E-state index is 0.0774. The Hall–Kier alpha value is -2.63. The van der Waals surface area contributed by atoms with Crippen LogP contribution in [0.2, 0.25) is 0 Å². The molecule has 0 saturated heterocycles. The third kappa shape index (κ3) is 9.41. The van der Waals surface area contributed by atoms with Crippen LogP contribution < -0.4 is 10.2 Å². The average molecular weight is 455 g/mol. The van der Waals surface area contributed by atoms with Gasteiger partial charge in [0.2, 0.25) is 5.91 Å². The minimum atomic E-state index is -1.62. The number of benzene rings is 1. The fourth-order valence-corrected chi connectivity index (χ4v) is 3.70. The van der Waals surface area contributed by atoms with E-state index in [1.54, 1.807) is 19.2 Å². The van der Waals surface area contributed by atoms with Crippen LogP contribution in [0.3, 0.4) is 0 Å². The highest BCUT2D eigenvalue weighted by Gasteiger charge is 2.29. The summed E-state index contributed by atoms with van der Waals surface area (Å²) in [6.45, 7) is 9.74. The number of hydrogen-bond acceptors (Lipinski definition) is 5. The molecule has 2 atom stereocenters. The van der Waals surface area contributed by atoms with Crippen molar-refractivity contribution in [3.05, 3.63) is 41.5 Å². The summed E-state index contributed by atoms with van der Waals surface area (Å²) in [6, 6.07) is 9.35. The summed E-state index contributed by atoms with van der Waals surface area (Å²) in [6.07, 6.45) is 4.02. The lowest BCUT2D eigenvalue weighted by Crippen LogP contribution is -2.49. The molecule has 0 spiro atoms. The van der Waals surface area contributed by atoms with Gasteiger partial charge in [0, 0.05) is 18.7 Å². The van der Waals surface area contributed by atoms with Gasteiger partial charge in [-0.1, -0.05) is 59.2 Å². The van der Waals surface area contributed by atoms with E-state index in [1.807, 2.05) is 58.9 Å². The molecule has 3 N–H and O–H groups in total. The Morgan fingerprint density at radius 1 is 1.24 bits per heavy atom. The van der Waals surface area contributed by atoms with Crippen molar-refractivity contribution >= 4 is 24.6 Å². The van der Waals surface area contributed by atoms with E-state index >= 15 is 0 Å². The number of carbonyl (C=O) groups is 2. The van der Waals surface area contributed by atoms with Crippen molar-refractivity contribution in [3.8, 4) is 6.07 Å². The lowest BCUT2D eigenvalue weighted by Gasteiger charge is -2.24. The first-order chi connectivity index (χ1) is 15.5. The molecule has 0 bridgehead atoms. The molecule has 2 amide bonds. The SMILES string of the molecule is CCC[C@@H](Cc1cccc(N(C)C(=O)C(C#N)=CC(C)C)c1)C(=O)N[C@@H](CC(C)C)B(O)O. The fraction of sp³-hybridized carbons (Fsp3) is 0.560. The van der Waals surface area contributed by atoms with Gasteiger partial charge in [-0.25, -0.2) is 0 Å². The standard InChI is InChI=1S/C25H38BN3O4/c1-7-9-20(24(30)28-23(26(32)33)13-18(4)5)14-19-10-8-11-22(15-19)29(6)25(31)21(16-27)12-17(2)3/h8,10-12,15,17-18,20,23,32-33H,7,9,13-14H2,1-6H3,(H,28,30)/t20-,23-/m0/s1. The second kappa shape index (κ2) is 13.8. The van der Waals surface area contributed by atoms with Crippen molar-refractivity contribution < 1.29 is 19.6 Å². The van der Waals surface area contributed by atoms with Crippen LogP contribution in [-0.4, -0.2) is 42.0 Å². The highest BCUT2D eigenvalue weighted by atomic mass is 16.4. The lowest BCUT2D eigenvalue weighted by atomic mass is 9.74. The number of rotatable bonds is 12. The number of likely N-dealkylation sites (N-methyl/N-ethyl adjacent to an activating group) is 1. The first-order valence-corrected chi connectivity index (χ1v) is 11.6. The van der Waals surface area contributed by atoms with E-state index in [0.717, 1.165) is 12.0 Å². The molecule has 7 nitrogen and oxygen atoms in total. The third-order valence-electron chi connectivity index (χ3n) is 5.36. The number of nitriles is 1. The van der Waals surface area contributed by atoms with Gasteiger partial charge < -0.3 is 20.3 Å². The maximum absolute atomic E-state index is 13.0. The van der Waals surface area contributed by atoms with E-state index in [1.165, 1.54) is 4.90 Å². The maximum atomic E-state index is 13.0. The zero-order valence-electron chi connectivity index (χ0n) is 20.7. The molecule has 0 heterocycles. The Labute approximate surface area is 198 Å². The van der Waals surface area contributed by atoms with Crippen molar-refractivity contribution in [3.63, 3.8) is 0 Å². The van der Waals surface area contributed by atoms with E-state index in [9.17, 15) is 24.9 Å². The Kier molecular flexibility index (Phi) is 11.9. The zero-order valence-corrected chi connectivity index (χ0v) is 20.7. The summed E-state index contributed by atoms with van der Waals surface area (Å²) in [5, 5.41) is 31.5. The second-order valence-electron chi connectivity index (χ2n) is 9.32. The highest BCUT2D eigenvalue weighted by molar-refractivity contribution is 6.43. The van der Waals surface area contributed by atoms with E-state index in [2.05, 4.69) is 5.32 Å². The first kappa shape index (κ1) is 28.4. The van der Waals surface area contributed by atoms with E-state index in [0.29, 0.717) is 24.9 Å². The van der Waals surface area contributed by atoms with Crippen LogP contribution in [0.1, 0.15) is 59.4 Å². The van der Waals surface area contributed by atoms with Crippen molar-refractivity contribution in [1.82, 2.24) is 5.32 Å². The Morgan fingerprint density at radius 2 is 1.91 bits per heavy atom. The summed E-state index contributed by atoms with van der Waals surface area (Å²) < 4.78 is 0. The Bertz CT molecular complexity index is 861. The number of nitrogens with one attached hydrogen (secondary N) is 1. The number of anilines is 1. The van der Waals surface area contributed by atoms with E-state index < -0.39 is 13.1 Å². The molecule has 8 heteroatoms. The number of amides is 2. The first-order valence-electron chi connectivity index (χ1n) is 11.6. The van der Waals surface area contributed by atoms with Gasteiger partial charge >= 0.3 is 7.12 Å². The van der Waals surface area contributed by atoms with Gasteiger partial charge in [0.15, 0.2) is 0 Å². The number of hydrogen-bond donors (Lipinski definition) is 3. The molecule has 0 aromatic heterocycles. The van der Waals surface area contributed by atoms with Crippen LogP contribution in [-0.2, 0) is 16.0 Å². The Morgan fingerprint density at radius 3 is 2.42 bits per heavy atom. The van der Waals surface area contributed by atoms with E-state index in [-0.39, 0.29) is 35.1 Å². The number of nitrogens with zero attached hydrogens (tertiary/aromatic N) is 2. The smallest absolute Gasteiger partial charge is 0.426 e. The number of allylic oxidation sites excluding steroid dienone is 1. The van der Waals surface area contributed by atoms with Crippen molar-refractivity contribution in [2.75, 3.05) is 11.9 Å². The lowest BCUT2D eigenvalue weighted by molar-refractivity contribution is -0.125. The summed E-state index contributed by atoms with van der Waals surface area (Å²) in [7, 11) is 0.0114. The molecule has 1 aromatic carbocycles. The average Bonchev–Trinajstić information content (AvgIpc) is 2.75. The van der Waals surface area contributed by atoms with Crippen molar-refractivity contribution in [2.45, 2.75) is 66.2 Å². The van der Waals surface area contributed by atoms with Crippen LogP contribution in [0.5, 0.6) is 0 Å². The van der Waals surface area contributed by atoms with Crippen LogP contribution in [0.15, 0.2) is 35.9 Å². The molecule has 0 aliphatic rings. The van der Waals surface area contributed by atoms with Crippen LogP contribution in [0.4, 0.5) is 5.69 Å². The molecule has 0 unspecified atom stereocenters. The summed E-state index contributed by atoms with van der Waals surface area (Å²) in [5.41, 5.74) is 1.62. The molecule has 0 fully saturated rings. The molecule has 1 aromatic rings. The summed E-state index contributed by atoms with van der Waals surface area (Å²) >= 11 is 0. The third-order valence-corrected chi connectivity index (χ3v) is 5.36. The monoisotopic (exact) mass is 455 g/mol.